The number of nitrogen functional groups attached to an aromatic ring is 1. The van der Waals surface area contributed by atoms with Crippen molar-refractivity contribution >= 4 is 33.2 Å². The van der Waals surface area contributed by atoms with Crippen molar-refractivity contribution in [3.63, 3.8) is 0 Å². The lowest BCUT2D eigenvalue weighted by Gasteiger charge is -2.27. The highest BCUT2D eigenvalue weighted by molar-refractivity contribution is 7.21. The Hall–Kier alpha value is -3.22. The number of aromatic nitrogens is 1. The Bertz CT molecular complexity index is 1280. The summed E-state index contributed by atoms with van der Waals surface area (Å²) in [4.78, 5) is 21.4. The third kappa shape index (κ3) is 3.58. The highest BCUT2D eigenvalue weighted by Gasteiger charge is 2.27. The maximum atomic E-state index is 13.0. The summed E-state index contributed by atoms with van der Waals surface area (Å²) in [7, 11) is 2.11. The van der Waals surface area contributed by atoms with Gasteiger partial charge in [-0.2, -0.15) is 0 Å². The van der Waals surface area contributed by atoms with E-state index in [-0.39, 0.29) is 0 Å². The van der Waals surface area contributed by atoms with Crippen LogP contribution in [0.15, 0.2) is 54.6 Å². The fourth-order valence-corrected chi connectivity index (χ4v) is 5.09. The van der Waals surface area contributed by atoms with E-state index in [9.17, 15) is 4.79 Å². The topological polar surface area (TPSA) is 68.4 Å². The smallest absolute Gasteiger partial charge is 0.355 e. The zero-order chi connectivity index (χ0) is 21.5. The number of ether oxygens (including phenoxy) is 1. The number of hydrogen-bond donors (Lipinski definition) is 1. The second kappa shape index (κ2) is 7.80. The predicted molar refractivity (Wildman–Crippen MR) is 126 cm³/mol. The van der Waals surface area contributed by atoms with Crippen LogP contribution in [0.3, 0.4) is 0 Å². The number of carbonyl (C=O) groups excluding carboxylic acids is 1. The lowest BCUT2D eigenvalue weighted by molar-refractivity contribution is 0.0741. The molecule has 0 spiro atoms. The number of benzene rings is 2. The molecular formula is C25H23N3O2S. The Morgan fingerprint density at radius 2 is 1.87 bits per heavy atom. The van der Waals surface area contributed by atoms with Crippen LogP contribution in [-0.2, 0) is 13.0 Å². The summed E-state index contributed by atoms with van der Waals surface area (Å²) < 4.78 is 5.61. The summed E-state index contributed by atoms with van der Waals surface area (Å²) in [6, 6.07) is 17.6. The van der Waals surface area contributed by atoms with Gasteiger partial charge in [-0.25, -0.2) is 9.78 Å². The number of thiophene rings is 1. The van der Waals surface area contributed by atoms with Crippen LogP contribution in [0.5, 0.6) is 5.75 Å². The number of carbonyl (C=O) groups is 1. The number of hydrogen-bond acceptors (Lipinski definition) is 6. The number of fused-ring (bicyclic) bond motifs is 2. The first-order valence-corrected chi connectivity index (χ1v) is 11.1. The van der Waals surface area contributed by atoms with Crippen LogP contribution in [-0.4, -0.2) is 29.4 Å². The van der Waals surface area contributed by atoms with Crippen molar-refractivity contribution in [2.45, 2.75) is 19.9 Å². The van der Waals surface area contributed by atoms with Crippen LogP contribution in [0.1, 0.15) is 26.5 Å². The van der Waals surface area contributed by atoms with Gasteiger partial charge in [-0.3, -0.25) is 0 Å². The van der Waals surface area contributed by atoms with Crippen molar-refractivity contribution in [1.29, 1.82) is 0 Å². The summed E-state index contributed by atoms with van der Waals surface area (Å²) in [6.07, 6.45) is 0.878. The number of nitrogens with zero attached hydrogens (tertiary/aromatic N) is 2. The average Bonchev–Trinajstić information content (AvgIpc) is 3.10. The second-order valence-corrected chi connectivity index (χ2v) is 8.99. The molecule has 1 aliphatic rings. The molecule has 0 unspecified atom stereocenters. The van der Waals surface area contributed by atoms with Crippen LogP contribution < -0.4 is 10.5 Å². The fraction of sp³-hybridized carbons (Fsp3) is 0.200. The number of likely N-dealkylation sites (N-methyl/N-ethyl adjacent to an activating group) is 1. The molecule has 0 atom stereocenters. The Balaban J connectivity index is 1.67. The van der Waals surface area contributed by atoms with Gasteiger partial charge in [0.1, 0.15) is 15.5 Å². The number of rotatable bonds is 3. The van der Waals surface area contributed by atoms with Gasteiger partial charge < -0.3 is 15.4 Å². The monoisotopic (exact) mass is 429 g/mol. The maximum Gasteiger partial charge on any atom is 0.355 e. The molecule has 5 rings (SSSR count). The standard InChI is InChI=1S/C25H23N3O2S/c1-15-8-10-17(11-9-15)30-25(29)23-22(26)21-20(16-6-4-3-5-7-16)18-14-28(2)13-12-19(18)27-24(21)31-23/h3-11H,12-14,26H2,1-2H3. The highest BCUT2D eigenvalue weighted by atomic mass is 32.1. The van der Waals surface area contributed by atoms with Crippen LogP contribution in [0.25, 0.3) is 21.3 Å². The lowest BCUT2D eigenvalue weighted by atomic mass is 9.92. The van der Waals surface area contributed by atoms with Crippen molar-refractivity contribution < 1.29 is 9.53 Å². The molecule has 2 N–H and O–H groups in total. The van der Waals surface area contributed by atoms with Crippen LogP contribution >= 0.6 is 11.3 Å². The molecule has 0 aliphatic carbocycles. The molecule has 0 saturated carbocycles. The number of nitrogens with two attached hydrogens (primary N) is 1. The molecule has 2 aromatic carbocycles. The minimum Gasteiger partial charge on any atom is -0.422 e. The van der Waals surface area contributed by atoms with Gasteiger partial charge in [-0.05, 0) is 37.2 Å². The molecule has 3 heterocycles. The van der Waals surface area contributed by atoms with E-state index in [4.69, 9.17) is 15.5 Å². The van der Waals surface area contributed by atoms with Crippen molar-refractivity contribution in [2.24, 2.45) is 0 Å². The molecule has 0 fully saturated rings. The third-order valence-corrected chi connectivity index (χ3v) is 6.78. The molecule has 156 valence electrons. The van der Waals surface area contributed by atoms with Crippen LogP contribution in [0.2, 0.25) is 0 Å². The molecule has 6 heteroatoms. The molecule has 2 aromatic heterocycles. The predicted octanol–water partition coefficient (Wildman–Crippen LogP) is 5.06. The van der Waals surface area contributed by atoms with Gasteiger partial charge in [0.25, 0.3) is 0 Å². The van der Waals surface area contributed by atoms with E-state index in [1.165, 1.54) is 16.9 Å². The minimum absolute atomic E-state index is 0.399. The molecule has 0 amide bonds. The van der Waals surface area contributed by atoms with E-state index in [0.29, 0.717) is 16.3 Å². The number of pyridine rings is 1. The molecule has 31 heavy (non-hydrogen) atoms. The third-order valence-electron chi connectivity index (χ3n) is 5.70. The molecule has 0 bridgehead atoms. The average molecular weight is 430 g/mol. The first-order chi connectivity index (χ1) is 15.0. The Kier molecular flexibility index (Phi) is 4.96. The van der Waals surface area contributed by atoms with Crippen molar-refractivity contribution in [1.82, 2.24) is 9.88 Å². The maximum absolute atomic E-state index is 13.0. The quantitative estimate of drug-likeness (QED) is 0.364. The highest BCUT2D eigenvalue weighted by Crippen LogP contribution is 2.43. The van der Waals surface area contributed by atoms with Crippen LogP contribution in [0, 0.1) is 6.92 Å². The van der Waals surface area contributed by atoms with Gasteiger partial charge in [-0.15, -0.1) is 11.3 Å². The Morgan fingerprint density at radius 1 is 1.13 bits per heavy atom. The van der Waals surface area contributed by atoms with E-state index < -0.39 is 5.97 Å². The van der Waals surface area contributed by atoms with E-state index in [1.807, 2.05) is 37.3 Å². The summed E-state index contributed by atoms with van der Waals surface area (Å²) in [5, 5.41) is 0.848. The number of anilines is 1. The van der Waals surface area contributed by atoms with Crippen LogP contribution in [0.4, 0.5) is 5.69 Å². The Labute approximate surface area is 185 Å². The normalized spacial score (nSPS) is 13.9. The van der Waals surface area contributed by atoms with E-state index in [2.05, 4.69) is 24.1 Å². The first kappa shape index (κ1) is 19.7. The van der Waals surface area contributed by atoms with Gasteiger partial charge in [0.15, 0.2) is 0 Å². The molecule has 0 saturated heterocycles. The zero-order valence-electron chi connectivity index (χ0n) is 17.5. The van der Waals surface area contributed by atoms with Crippen molar-refractivity contribution in [2.75, 3.05) is 19.3 Å². The molecule has 1 aliphatic heterocycles. The Morgan fingerprint density at radius 3 is 2.61 bits per heavy atom. The van der Waals surface area contributed by atoms with E-state index >= 15 is 0 Å². The van der Waals surface area contributed by atoms with Gasteiger partial charge in [0, 0.05) is 36.2 Å². The van der Waals surface area contributed by atoms with E-state index in [0.717, 1.165) is 52.1 Å². The summed E-state index contributed by atoms with van der Waals surface area (Å²) in [5.41, 5.74) is 12.6. The zero-order valence-corrected chi connectivity index (χ0v) is 18.3. The van der Waals surface area contributed by atoms with Crippen molar-refractivity contribution in [3.8, 4) is 16.9 Å². The summed E-state index contributed by atoms with van der Waals surface area (Å²) in [6.45, 7) is 3.76. The largest absolute Gasteiger partial charge is 0.422 e. The lowest BCUT2D eigenvalue weighted by Crippen LogP contribution is -2.27. The number of aryl methyl sites for hydroxylation is 1. The van der Waals surface area contributed by atoms with Gasteiger partial charge in [-0.1, -0.05) is 48.0 Å². The summed E-state index contributed by atoms with van der Waals surface area (Å²) >= 11 is 1.31. The van der Waals surface area contributed by atoms with Gasteiger partial charge >= 0.3 is 5.97 Å². The SMILES string of the molecule is Cc1ccc(OC(=O)c2sc3nc4c(c(-c5ccccc5)c3c2N)CN(C)CC4)cc1. The molecular weight excluding hydrogens is 406 g/mol. The number of esters is 1. The molecule has 5 nitrogen and oxygen atoms in total. The fourth-order valence-electron chi connectivity index (χ4n) is 4.09. The molecule has 0 radical (unpaired) electrons. The van der Waals surface area contributed by atoms with E-state index in [1.54, 1.807) is 12.1 Å². The summed E-state index contributed by atoms with van der Waals surface area (Å²) in [5.74, 6) is 0.0584. The minimum atomic E-state index is -0.446. The van der Waals surface area contributed by atoms with Crippen molar-refractivity contribution in [3.05, 3.63) is 76.3 Å². The first-order valence-electron chi connectivity index (χ1n) is 10.3. The second-order valence-electron chi connectivity index (χ2n) is 7.99. The van der Waals surface area contributed by atoms with Gasteiger partial charge in [0.2, 0.25) is 0 Å². The molecule has 4 aromatic rings. The van der Waals surface area contributed by atoms with Gasteiger partial charge in [0.05, 0.1) is 5.69 Å².